The Bertz CT molecular complexity index is 269. The Morgan fingerprint density at radius 1 is 1.23 bits per heavy atom. The maximum atomic E-state index is 9.10. The van der Waals surface area contributed by atoms with Crippen LogP contribution in [-0.2, 0) is 0 Å². The van der Waals surface area contributed by atoms with E-state index in [0.29, 0.717) is 5.56 Å². The normalized spacial score (nSPS) is 10.7. The fourth-order valence-electron chi connectivity index (χ4n) is 0.836. The van der Waals surface area contributed by atoms with Crippen molar-refractivity contribution in [3.8, 4) is 6.07 Å². The molecule has 0 bridgehead atoms. The fourth-order valence-corrected chi connectivity index (χ4v) is 0.836. The van der Waals surface area contributed by atoms with Crippen molar-refractivity contribution in [3.63, 3.8) is 0 Å². The third-order valence-corrected chi connectivity index (χ3v) is 1.52. The van der Waals surface area contributed by atoms with Crippen LogP contribution in [-0.4, -0.2) is 5.11 Å². The minimum Gasteiger partial charge on any atom is -0.389 e. The number of benzene rings is 1. The highest BCUT2D eigenvalue weighted by Gasteiger charge is 1.98. The molecule has 0 aliphatic carbocycles. The second-order valence-corrected chi connectivity index (χ2v) is 2.41. The predicted octanol–water partition coefficient (Wildman–Crippen LogP) is 2.64. The van der Waals surface area contributed by atoms with Crippen molar-refractivity contribution in [3.05, 3.63) is 35.4 Å². The van der Waals surface area contributed by atoms with Gasteiger partial charge < -0.3 is 5.11 Å². The predicted molar refractivity (Wildman–Crippen MR) is 53.1 cm³/mol. The lowest BCUT2D eigenvalue weighted by molar-refractivity contribution is 0.199. The van der Waals surface area contributed by atoms with E-state index in [9.17, 15) is 0 Å². The van der Waals surface area contributed by atoms with Gasteiger partial charge in [-0.2, -0.15) is 5.26 Å². The van der Waals surface area contributed by atoms with Gasteiger partial charge in [0.1, 0.15) is 0 Å². The molecule has 2 heteroatoms. The van der Waals surface area contributed by atoms with Gasteiger partial charge in [-0.1, -0.05) is 26.0 Å². The molecule has 0 amide bonds. The standard InChI is InChI=1S/C9H9NO.C2H6/c1-7(11)9-4-2-8(6-10)3-5-9;1-2/h2-5,7,11H,1H3;1-2H3. The van der Waals surface area contributed by atoms with Crippen molar-refractivity contribution < 1.29 is 5.11 Å². The Morgan fingerprint density at radius 2 is 1.69 bits per heavy atom. The zero-order valence-corrected chi connectivity index (χ0v) is 8.28. The summed E-state index contributed by atoms with van der Waals surface area (Å²) < 4.78 is 0. The molecule has 0 aromatic heterocycles. The second kappa shape index (κ2) is 6.22. The minimum atomic E-state index is -0.456. The van der Waals surface area contributed by atoms with Crippen molar-refractivity contribution in [1.82, 2.24) is 0 Å². The van der Waals surface area contributed by atoms with E-state index >= 15 is 0 Å². The van der Waals surface area contributed by atoms with Crippen molar-refractivity contribution in [2.24, 2.45) is 0 Å². The number of aliphatic hydroxyl groups is 1. The van der Waals surface area contributed by atoms with Crippen LogP contribution in [0.5, 0.6) is 0 Å². The van der Waals surface area contributed by atoms with E-state index in [1.807, 2.05) is 19.9 Å². The molecule has 1 aromatic carbocycles. The molecule has 1 aromatic rings. The average molecular weight is 177 g/mol. The summed E-state index contributed by atoms with van der Waals surface area (Å²) in [6.45, 7) is 5.70. The third kappa shape index (κ3) is 3.73. The SMILES string of the molecule is CC.CC(O)c1ccc(C#N)cc1. The first-order valence-corrected chi connectivity index (χ1v) is 4.42. The number of nitrogens with zero attached hydrogens (tertiary/aromatic N) is 1. The van der Waals surface area contributed by atoms with Gasteiger partial charge in [-0.15, -0.1) is 0 Å². The van der Waals surface area contributed by atoms with E-state index in [-0.39, 0.29) is 0 Å². The Kier molecular flexibility index (Phi) is 5.58. The number of rotatable bonds is 1. The Balaban J connectivity index is 0.000000671. The maximum absolute atomic E-state index is 9.10. The molecular weight excluding hydrogens is 162 g/mol. The molecule has 1 atom stereocenters. The van der Waals surface area contributed by atoms with Gasteiger partial charge in [0.05, 0.1) is 17.7 Å². The Morgan fingerprint density at radius 3 is 2.00 bits per heavy atom. The molecule has 0 heterocycles. The Labute approximate surface area is 79.4 Å². The molecule has 0 saturated carbocycles. The molecule has 0 spiro atoms. The van der Waals surface area contributed by atoms with Crippen LogP contribution in [0.3, 0.4) is 0 Å². The summed E-state index contributed by atoms with van der Waals surface area (Å²) in [5.74, 6) is 0. The minimum absolute atomic E-state index is 0.456. The third-order valence-electron chi connectivity index (χ3n) is 1.52. The largest absolute Gasteiger partial charge is 0.389 e. The molecule has 13 heavy (non-hydrogen) atoms. The van der Waals surface area contributed by atoms with Crippen LogP contribution in [0.25, 0.3) is 0 Å². The average Bonchev–Trinajstić information content (AvgIpc) is 2.21. The van der Waals surface area contributed by atoms with Crippen molar-refractivity contribution in [2.75, 3.05) is 0 Å². The highest BCUT2D eigenvalue weighted by Crippen LogP contribution is 2.11. The molecule has 0 aliphatic rings. The molecule has 0 radical (unpaired) electrons. The van der Waals surface area contributed by atoms with Crippen LogP contribution in [0.1, 0.15) is 38.0 Å². The van der Waals surface area contributed by atoms with E-state index in [2.05, 4.69) is 0 Å². The van der Waals surface area contributed by atoms with Crippen LogP contribution in [0, 0.1) is 11.3 Å². The quantitative estimate of drug-likeness (QED) is 0.716. The smallest absolute Gasteiger partial charge is 0.0991 e. The van der Waals surface area contributed by atoms with Gasteiger partial charge in [-0.3, -0.25) is 0 Å². The molecular formula is C11H15NO. The summed E-state index contributed by atoms with van der Waals surface area (Å²) in [7, 11) is 0. The van der Waals surface area contributed by atoms with Gasteiger partial charge >= 0.3 is 0 Å². The maximum Gasteiger partial charge on any atom is 0.0991 e. The zero-order chi connectivity index (χ0) is 10.3. The first-order valence-electron chi connectivity index (χ1n) is 4.42. The molecule has 1 rings (SSSR count). The summed E-state index contributed by atoms with van der Waals surface area (Å²) in [6, 6.07) is 8.91. The Hall–Kier alpha value is -1.33. The molecule has 2 nitrogen and oxygen atoms in total. The van der Waals surface area contributed by atoms with Gasteiger partial charge in [-0.25, -0.2) is 0 Å². The highest BCUT2D eigenvalue weighted by atomic mass is 16.3. The van der Waals surface area contributed by atoms with Gasteiger partial charge in [0.2, 0.25) is 0 Å². The van der Waals surface area contributed by atoms with Gasteiger partial charge in [-0.05, 0) is 24.6 Å². The lowest BCUT2D eigenvalue weighted by Crippen LogP contribution is -1.89. The number of nitriles is 1. The van der Waals surface area contributed by atoms with Crippen LogP contribution in [0.2, 0.25) is 0 Å². The van der Waals surface area contributed by atoms with E-state index in [1.165, 1.54) is 0 Å². The van der Waals surface area contributed by atoms with Gasteiger partial charge in [0.15, 0.2) is 0 Å². The molecule has 0 aliphatic heterocycles. The van der Waals surface area contributed by atoms with E-state index < -0.39 is 6.10 Å². The van der Waals surface area contributed by atoms with Crippen molar-refractivity contribution in [1.29, 1.82) is 5.26 Å². The zero-order valence-electron chi connectivity index (χ0n) is 8.28. The monoisotopic (exact) mass is 177 g/mol. The summed E-state index contributed by atoms with van der Waals surface area (Å²) in [5, 5.41) is 17.6. The number of hydrogen-bond donors (Lipinski definition) is 1. The van der Waals surface area contributed by atoms with Gasteiger partial charge in [0.25, 0.3) is 0 Å². The summed E-state index contributed by atoms with van der Waals surface area (Å²) in [4.78, 5) is 0. The second-order valence-electron chi connectivity index (χ2n) is 2.41. The van der Waals surface area contributed by atoms with Gasteiger partial charge in [0, 0.05) is 0 Å². The van der Waals surface area contributed by atoms with E-state index in [1.54, 1.807) is 31.2 Å². The van der Waals surface area contributed by atoms with Crippen LogP contribution < -0.4 is 0 Å². The van der Waals surface area contributed by atoms with Crippen LogP contribution >= 0.6 is 0 Å². The molecule has 0 saturated heterocycles. The summed E-state index contributed by atoms with van der Waals surface area (Å²) >= 11 is 0. The lowest BCUT2D eigenvalue weighted by atomic mass is 10.1. The highest BCUT2D eigenvalue weighted by molar-refractivity contribution is 5.32. The first kappa shape index (κ1) is 11.7. The van der Waals surface area contributed by atoms with Crippen molar-refractivity contribution >= 4 is 0 Å². The summed E-state index contributed by atoms with van der Waals surface area (Å²) in [6.07, 6.45) is -0.456. The fraction of sp³-hybridized carbons (Fsp3) is 0.364. The molecule has 1 unspecified atom stereocenters. The van der Waals surface area contributed by atoms with E-state index in [0.717, 1.165) is 5.56 Å². The van der Waals surface area contributed by atoms with Crippen LogP contribution in [0.15, 0.2) is 24.3 Å². The van der Waals surface area contributed by atoms with Crippen LogP contribution in [0.4, 0.5) is 0 Å². The number of hydrogen-bond acceptors (Lipinski definition) is 2. The topological polar surface area (TPSA) is 44.0 Å². The summed E-state index contributed by atoms with van der Waals surface area (Å²) in [5.41, 5.74) is 1.46. The van der Waals surface area contributed by atoms with E-state index in [4.69, 9.17) is 10.4 Å². The first-order chi connectivity index (χ1) is 6.24. The molecule has 1 N–H and O–H groups in total. The van der Waals surface area contributed by atoms with Crippen molar-refractivity contribution in [2.45, 2.75) is 26.9 Å². The lowest BCUT2D eigenvalue weighted by Gasteiger charge is -2.02. The number of aliphatic hydroxyl groups excluding tert-OH is 1. The molecule has 0 fully saturated rings. The molecule has 70 valence electrons.